The molecule has 0 aromatic heterocycles. The van der Waals surface area contributed by atoms with Gasteiger partial charge in [-0.1, -0.05) is 119 Å². The van der Waals surface area contributed by atoms with Crippen molar-refractivity contribution in [2.24, 2.45) is 5.73 Å². The smallest absolute Gasteiger partial charge is 0.211 e. The third-order valence-corrected chi connectivity index (χ3v) is 5.39. The summed E-state index contributed by atoms with van der Waals surface area (Å²) in [6.45, 7) is 20.5. The van der Waals surface area contributed by atoms with Gasteiger partial charge < -0.3 is 11.1 Å². The topological polar surface area (TPSA) is 55.1 Å². The standard InChI is InChI=1S/C17H20.C9H9NO.C5H11N.C3H8/c1-13(2)17-10-9-16(11-14(17)3)12-15-7-5-4-6-8-15;1-2-8-5-3-4-6-9(8)10-7-11;1-4(2)5(3)6;1-3-2/h4-11,13H,12H2,1-3H3;2-7H,1H2,(H,10,11);6H2,1-3H3;3H2,1-2H3. The molecule has 3 N–H and O–H groups in total. The largest absolute Gasteiger partial charge is 0.402 e. The number of nitrogens with two attached hydrogens (primary N) is 1. The fourth-order valence-electron chi connectivity index (χ4n) is 3.20. The summed E-state index contributed by atoms with van der Waals surface area (Å²) < 4.78 is 0. The van der Waals surface area contributed by atoms with Crippen molar-refractivity contribution in [3.8, 4) is 0 Å². The Labute approximate surface area is 226 Å². The Morgan fingerprint density at radius 1 is 0.919 bits per heavy atom. The summed E-state index contributed by atoms with van der Waals surface area (Å²) in [6.07, 6.45) is 4.63. The van der Waals surface area contributed by atoms with Gasteiger partial charge >= 0.3 is 0 Å². The lowest BCUT2D eigenvalue weighted by Crippen LogP contribution is -1.95. The van der Waals surface area contributed by atoms with Crippen LogP contribution < -0.4 is 11.1 Å². The maximum atomic E-state index is 10.1. The Hall–Kier alpha value is -3.59. The van der Waals surface area contributed by atoms with Gasteiger partial charge in [0.2, 0.25) is 6.41 Å². The van der Waals surface area contributed by atoms with E-state index in [-0.39, 0.29) is 0 Å². The molecule has 3 nitrogen and oxygen atoms in total. The molecule has 3 heteroatoms. The summed E-state index contributed by atoms with van der Waals surface area (Å²) in [5, 5.41) is 2.58. The average Bonchev–Trinajstić information content (AvgIpc) is 2.86. The molecule has 0 bridgehead atoms. The molecule has 0 saturated carbocycles. The van der Waals surface area contributed by atoms with Gasteiger partial charge in [-0.05, 0) is 73.9 Å². The molecule has 3 aromatic rings. The van der Waals surface area contributed by atoms with Gasteiger partial charge in [-0.3, -0.25) is 4.79 Å². The van der Waals surface area contributed by atoms with Crippen LogP contribution in [0.2, 0.25) is 0 Å². The number of carbonyl (C=O) groups excluding carboxylic acids is 1. The van der Waals surface area contributed by atoms with Crippen molar-refractivity contribution in [1.29, 1.82) is 0 Å². The number of anilines is 1. The lowest BCUT2D eigenvalue weighted by Gasteiger charge is -2.11. The highest BCUT2D eigenvalue weighted by Gasteiger charge is 2.04. The van der Waals surface area contributed by atoms with Crippen LogP contribution in [0.5, 0.6) is 0 Å². The number of hydrogen-bond donors (Lipinski definition) is 2. The van der Waals surface area contributed by atoms with E-state index in [4.69, 9.17) is 5.73 Å². The van der Waals surface area contributed by atoms with Crippen LogP contribution >= 0.6 is 0 Å². The molecule has 0 aliphatic rings. The Kier molecular flexibility index (Phi) is 17.7. The summed E-state index contributed by atoms with van der Waals surface area (Å²) in [6, 6.07) is 25.0. The second kappa shape index (κ2) is 19.6. The first kappa shape index (κ1) is 33.4. The van der Waals surface area contributed by atoms with Gasteiger partial charge in [-0.2, -0.15) is 0 Å². The molecule has 0 fully saturated rings. The zero-order valence-corrected chi connectivity index (χ0v) is 24.3. The predicted octanol–water partition coefficient (Wildman–Crippen LogP) is 9.28. The third kappa shape index (κ3) is 14.5. The molecule has 0 aliphatic heterocycles. The summed E-state index contributed by atoms with van der Waals surface area (Å²) in [5.74, 6) is 0.612. The van der Waals surface area contributed by atoms with Gasteiger partial charge in [-0.25, -0.2) is 0 Å². The molecule has 0 radical (unpaired) electrons. The van der Waals surface area contributed by atoms with Crippen molar-refractivity contribution in [3.63, 3.8) is 0 Å². The molecule has 3 rings (SSSR count). The van der Waals surface area contributed by atoms with Crippen LogP contribution in [0.3, 0.4) is 0 Å². The maximum absolute atomic E-state index is 10.1. The Morgan fingerprint density at radius 2 is 1.46 bits per heavy atom. The lowest BCUT2D eigenvalue weighted by atomic mass is 9.94. The number of amides is 1. The molecule has 200 valence electrons. The van der Waals surface area contributed by atoms with Crippen molar-refractivity contribution in [2.45, 2.75) is 74.1 Å². The van der Waals surface area contributed by atoms with Gasteiger partial charge in [0.05, 0.1) is 0 Å². The molecule has 0 spiro atoms. The SMILES string of the molecule is C=Cc1ccccc1NC=O.CC(C)=C(C)N.CCC.Cc1cc(Cc2ccccc2)ccc1C(C)C. The molecule has 0 saturated heterocycles. The highest BCUT2D eigenvalue weighted by Crippen LogP contribution is 2.21. The first-order chi connectivity index (χ1) is 17.6. The number of allylic oxidation sites excluding steroid dienone is 2. The van der Waals surface area contributed by atoms with Gasteiger partial charge in [0.1, 0.15) is 0 Å². The van der Waals surface area contributed by atoms with Crippen LogP contribution in [-0.4, -0.2) is 6.41 Å². The van der Waals surface area contributed by atoms with E-state index in [0.717, 1.165) is 23.4 Å². The molecule has 0 atom stereocenters. The Morgan fingerprint density at radius 3 is 1.92 bits per heavy atom. The minimum Gasteiger partial charge on any atom is -0.402 e. The monoisotopic (exact) mass is 500 g/mol. The zero-order valence-electron chi connectivity index (χ0n) is 24.3. The summed E-state index contributed by atoms with van der Waals surface area (Å²) in [5.41, 5.74) is 14.8. The molecule has 37 heavy (non-hydrogen) atoms. The van der Waals surface area contributed by atoms with Crippen molar-refractivity contribution >= 4 is 18.2 Å². The molecule has 1 amide bonds. The normalized spacial score (nSPS) is 9.32. The van der Waals surface area contributed by atoms with Gasteiger partial charge in [0.15, 0.2) is 0 Å². The van der Waals surface area contributed by atoms with Crippen LogP contribution in [0.25, 0.3) is 6.08 Å². The molecular formula is C34H48N2O. The number of benzene rings is 3. The van der Waals surface area contributed by atoms with E-state index in [9.17, 15) is 4.79 Å². The van der Waals surface area contributed by atoms with E-state index in [1.807, 2.05) is 45.0 Å². The average molecular weight is 501 g/mol. The number of hydrogen-bond acceptors (Lipinski definition) is 2. The van der Waals surface area contributed by atoms with E-state index < -0.39 is 0 Å². The van der Waals surface area contributed by atoms with Crippen LogP contribution in [-0.2, 0) is 11.2 Å². The first-order valence-corrected chi connectivity index (χ1v) is 13.1. The van der Waals surface area contributed by atoms with Crippen molar-refractivity contribution in [3.05, 3.63) is 118 Å². The van der Waals surface area contributed by atoms with Crippen LogP contribution in [0.4, 0.5) is 5.69 Å². The van der Waals surface area contributed by atoms with Crippen molar-refractivity contribution in [2.75, 3.05) is 5.32 Å². The maximum Gasteiger partial charge on any atom is 0.211 e. The first-order valence-electron chi connectivity index (χ1n) is 13.1. The fourth-order valence-corrected chi connectivity index (χ4v) is 3.20. The number of para-hydroxylation sites is 1. The van der Waals surface area contributed by atoms with Crippen LogP contribution in [0, 0.1) is 6.92 Å². The quantitative estimate of drug-likeness (QED) is 0.331. The number of nitrogens with one attached hydrogen (secondary N) is 1. The van der Waals surface area contributed by atoms with Crippen LogP contribution in [0.1, 0.15) is 88.6 Å². The number of rotatable bonds is 6. The highest BCUT2D eigenvalue weighted by atomic mass is 16.1. The predicted molar refractivity (Wildman–Crippen MR) is 165 cm³/mol. The van der Waals surface area contributed by atoms with Crippen LogP contribution in [0.15, 0.2) is 90.6 Å². The lowest BCUT2D eigenvalue weighted by molar-refractivity contribution is -0.105. The van der Waals surface area contributed by atoms with E-state index in [1.165, 1.54) is 34.2 Å². The summed E-state index contributed by atoms with van der Waals surface area (Å²) in [7, 11) is 0. The van der Waals surface area contributed by atoms with E-state index in [0.29, 0.717) is 12.3 Å². The summed E-state index contributed by atoms with van der Waals surface area (Å²) in [4.78, 5) is 10.1. The van der Waals surface area contributed by atoms with Gasteiger partial charge in [-0.15, -0.1) is 0 Å². The van der Waals surface area contributed by atoms with Crippen molar-refractivity contribution in [1.82, 2.24) is 0 Å². The van der Waals surface area contributed by atoms with E-state index >= 15 is 0 Å². The molecular weight excluding hydrogens is 452 g/mol. The number of aryl methyl sites for hydroxylation is 1. The minimum absolute atomic E-state index is 0.612. The van der Waals surface area contributed by atoms with Gasteiger partial charge in [0.25, 0.3) is 0 Å². The molecule has 0 heterocycles. The van der Waals surface area contributed by atoms with Gasteiger partial charge in [0, 0.05) is 11.4 Å². The molecule has 0 aliphatic carbocycles. The fraction of sp³-hybridized carbons (Fsp3) is 0.324. The Bertz CT molecular complexity index is 1060. The third-order valence-electron chi connectivity index (χ3n) is 5.39. The molecule has 3 aromatic carbocycles. The van der Waals surface area contributed by atoms with E-state index in [1.54, 1.807) is 6.08 Å². The summed E-state index contributed by atoms with van der Waals surface area (Å²) >= 11 is 0. The van der Waals surface area contributed by atoms with E-state index in [2.05, 4.69) is 95.0 Å². The number of carbonyl (C=O) groups is 1. The zero-order chi connectivity index (χ0) is 28.2. The van der Waals surface area contributed by atoms with Crippen molar-refractivity contribution < 1.29 is 4.79 Å². The highest BCUT2D eigenvalue weighted by molar-refractivity contribution is 5.77. The minimum atomic E-state index is 0.612. The Balaban J connectivity index is 0.000000556. The second-order valence-electron chi connectivity index (χ2n) is 9.45. The second-order valence-corrected chi connectivity index (χ2v) is 9.45. The molecule has 0 unspecified atom stereocenters.